The van der Waals surface area contributed by atoms with E-state index in [1.54, 1.807) is 18.0 Å². The van der Waals surface area contributed by atoms with Gasteiger partial charge in [-0.3, -0.25) is 20.0 Å². The molecule has 2 aliphatic rings. The quantitative estimate of drug-likeness (QED) is 0.473. The molecule has 3 aromatic rings. The molecule has 36 heavy (non-hydrogen) atoms. The molecule has 6 nitrogen and oxygen atoms in total. The Morgan fingerprint density at radius 1 is 1.03 bits per heavy atom. The number of nitrogens with one attached hydrogen (secondary N) is 1. The van der Waals surface area contributed by atoms with E-state index in [2.05, 4.69) is 33.4 Å². The summed E-state index contributed by atoms with van der Waals surface area (Å²) >= 11 is 7.87. The van der Waals surface area contributed by atoms with E-state index in [1.807, 2.05) is 59.6 Å². The standard InChI is InChI=1S/C28H31ClN4O2S/c29-24-10-8-22(9-11-24)26(21-5-2-1-3-6-21)35-18-17-32-13-15-33(16-14-32)28(34)25-20-36-27(31-25)23-7-4-12-30-19-23/h1-12,19,25-27,31H,13-18,20H2/t25-,26?,27?/m0/s1. The van der Waals surface area contributed by atoms with Gasteiger partial charge in [0.1, 0.15) is 6.10 Å². The molecule has 8 heteroatoms. The van der Waals surface area contributed by atoms with Crippen LogP contribution in [0.5, 0.6) is 0 Å². The number of carbonyl (C=O) groups is 1. The molecule has 0 aliphatic carbocycles. The number of hydrogen-bond donors (Lipinski definition) is 1. The van der Waals surface area contributed by atoms with E-state index in [4.69, 9.17) is 16.3 Å². The fraction of sp³-hybridized carbons (Fsp3) is 0.357. The predicted molar refractivity (Wildman–Crippen MR) is 145 cm³/mol. The number of amides is 1. The molecule has 188 valence electrons. The second-order valence-corrected chi connectivity index (χ2v) is 10.7. The van der Waals surface area contributed by atoms with Crippen LogP contribution in [-0.4, -0.2) is 71.8 Å². The van der Waals surface area contributed by atoms with Crippen LogP contribution in [0.3, 0.4) is 0 Å². The Bertz CT molecular complexity index is 1110. The summed E-state index contributed by atoms with van der Waals surface area (Å²) in [6.45, 7) is 4.66. The number of halogens is 1. The molecule has 2 fully saturated rings. The number of benzene rings is 2. The third-order valence-electron chi connectivity index (χ3n) is 6.72. The second kappa shape index (κ2) is 12.2. The maximum Gasteiger partial charge on any atom is 0.240 e. The lowest BCUT2D eigenvalue weighted by atomic mass is 10.0. The smallest absolute Gasteiger partial charge is 0.240 e. The van der Waals surface area contributed by atoms with Crippen LogP contribution in [0, 0.1) is 0 Å². The van der Waals surface area contributed by atoms with Crippen molar-refractivity contribution in [2.45, 2.75) is 17.5 Å². The van der Waals surface area contributed by atoms with E-state index in [9.17, 15) is 4.79 Å². The number of hydrogen-bond acceptors (Lipinski definition) is 6. The van der Waals surface area contributed by atoms with Crippen LogP contribution in [-0.2, 0) is 9.53 Å². The molecule has 5 rings (SSSR count). The summed E-state index contributed by atoms with van der Waals surface area (Å²) in [7, 11) is 0. The lowest BCUT2D eigenvalue weighted by Crippen LogP contribution is -2.54. The van der Waals surface area contributed by atoms with E-state index < -0.39 is 0 Å². The van der Waals surface area contributed by atoms with Crippen LogP contribution in [0.1, 0.15) is 28.2 Å². The molecule has 1 amide bonds. The molecule has 2 saturated heterocycles. The average Bonchev–Trinajstić information content (AvgIpc) is 3.43. The lowest BCUT2D eigenvalue weighted by molar-refractivity contribution is -0.134. The molecular weight excluding hydrogens is 492 g/mol. The zero-order chi connectivity index (χ0) is 24.7. The van der Waals surface area contributed by atoms with Crippen molar-refractivity contribution in [3.05, 3.63) is 101 Å². The van der Waals surface area contributed by atoms with Gasteiger partial charge in [0.15, 0.2) is 0 Å². The SMILES string of the molecule is O=C([C@@H]1CSC(c2cccnc2)N1)N1CCN(CCOC(c2ccccc2)c2ccc(Cl)cc2)CC1. The maximum atomic E-state index is 13.1. The van der Waals surface area contributed by atoms with Crippen LogP contribution < -0.4 is 5.32 Å². The van der Waals surface area contributed by atoms with Gasteiger partial charge in [0.05, 0.1) is 18.0 Å². The first kappa shape index (κ1) is 25.2. The van der Waals surface area contributed by atoms with Gasteiger partial charge in [-0.05, 0) is 34.9 Å². The van der Waals surface area contributed by atoms with Crippen molar-refractivity contribution in [3.63, 3.8) is 0 Å². The number of piperazine rings is 1. The summed E-state index contributed by atoms with van der Waals surface area (Å²) in [5, 5.41) is 4.34. The summed E-state index contributed by atoms with van der Waals surface area (Å²) in [5.41, 5.74) is 3.34. The van der Waals surface area contributed by atoms with Gasteiger partial charge in [-0.1, -0.05) is 60.1 Å². The largest absolute Gasteiger partial charge is 0.367 e. The highest BCUT2D eigenvalue weighted by Crippen LogP contribution is 2.33. The highest BCUT2D eigenvalue weighted by molar-refractivity contribution is 7.99. The summed E-state index contributed by atoms with van der Waals surface area (Å²) in [5.74, 6) is 0.995. The van der Waals surface area contributed by atoms with E-state index in [-0.39, 0.29) is 23.4 Å². The van der Waals surface area contributed by atoms with E-state index in [0.29, 0.717) is 6.61 Å². The number of thioether (sulfide) groups is 1. The van der Waals surface area contributed by atoms with Gasteiger partial charge in [0, 0.05) is 55.9 Å². The minimum Gasteiger partial charge on any atom is -0.367 e. The number of rotatable bonds is 8. The Labute approximate surface area is 222 Å². The van der Waals surface area contributed by atoms with Gasteiger partial charge in [-0.15, -0.1) is 11.8 Å². The Morgan fingerprint density at radius 3 is 2.50 bits per heavy atom. The normalized spacial score (nSPS) is 21.4. The predicted octanol–water partition coefficient (Wildman–Crippen LogP) is 4.39. The molecule has 0 bridgehead atoms. The van der Waals surface area contributed by atoms with Gasteiger partial charge in [0.2, 0.25) is 5.91 Å². The van der Waals surface area contributed by atoms with Crippen molar-refractivity contribution in [2.75, 3.05) is 45.1 Å². The number of aromatic nitrogens is 1. The summed E-state index contributed by atoms with van der Waals surface area (Å²) in [6.07, 6.45) is 3.51. The first-order valence-electron chi connectivity index (χ1n) is 12.4. The number of pyridine rings is 1. The van der Waals surface area contributed by atoms with E-state index in [1.165, 1.54) is 0 Å². The molecule has 2 unspecified atom stereocenters. The Morgan fingerprint density at radius 2 is 1.78 bits per heavy atom. The fourth-order valence-corrected chi connectivity index (χ4v) is 6.04. The first-order valence-corrected chi connectivity index (χ1v) is 13.8. The number of ether oxygens (including phenoxy) is 1. The highest BCUT2D eigenvalue weighted by atomic mass is 35.5. The highest BCUT2D eigenvalue weighted by Gasteiger charge is 2.34. The lowest BCUT2D eigenvalue weighted by Gasteiger charge is -2.36. The Balaban J connectivity index is 1.09. The summed E-state index contributed by atoms with van der Waals surface area (Å²) in [6, 6.07) is 22.0. The molecule has 3 atom stereocenters. The van der Waals surface area contributed by atoms with Crippen LogP contribution in [0.2, 0.25) is 5.02 Å². The first-order chi connectivity index (χ1) is 17.7. The van der Waals surface area contributed by atoms with Gasteiger partial charge >= 0.3 is 0 Å². The van der Waals surface area contributed by atoms with Crippen LogP contribution in [0.25, 0.3) is 0 Å². The zero-order valence-electron chi connectivity index (χ0n) is 20.1. The van der Waals surface area contributed by atoms with Gasteiger partial charge in [0.25, 0.3) is 0 Å². The van der Waals surface area contributed by atoms with Gasteiger partial charge in [-0.2, -0.15) is 0 Å². The molecule has 2 aliphatic heterocycles. The third-order valence-corrected chi connectivity index (χ3v) is 8.24. The van der Waals surface area contributed by atoms with Crippen molar-refractivity contribution in [1.82, 2.24) is 20.1 Å². The fourth-order valence-electron chi connectivity index (χ4n) is 4.70. The molecule has 2 aromatic carbocycles. The Kier molecular flexibility index (Phi) is 8.56. The minimum atomic E-state index is -0.138. The van der Waals surface area contributed by atoms with Crippen molar-refractivity contribution < 1.29 is 9.53 Å². The van der Waals surface area contributed by atoms with Crippen molar-refractivity contribution >= 4 is 29.3 Å². The van der Waals surface area contributed by atoms with E-state index >= 15 is 0 Å². The van der Waals surface area contributed by atoms with E-state index in [0.717, 1.165) is 60.2 Å². The minimum absolute atomic E-state index is 0.129. The molecule has 1 aromatic heterocycles. The van der Waals surface area contributed by atoms with Crippen molar-refractivity contribution in [2.24, 2.45) is 0 Å². The van der Waals surface area contributed by atoms with Crippen molar-refractivity contribution in [1.29, 1.82) is 0 Å². The van der Waals surface area contributed by atoms with Gasteiger partial charge in [-0.25, -0.2) is 0 Å². The topological polar surface area (TPSA) is 57.7 Å². The number of nitrogens with zero attached hydrogens (tertiary/aromatic N) is 3. The van der Waals surface area contributed by atoms with Gasteiger partial charge < -0.3 is 9.64 Å². The van der Waals surface area contributed by atoms with Crippen molar-refractivity contribution in [3.8, 4) is 0 Å². The molecule has 1 N–H and O–H groups in total. The third kappa shape index (κ3) is 6.28. The molecule has 3 heterocycles. The Hall–Kier alpha value is -2.42. The summed E-state index contributed by atoms with van der Waals surface area (Å²) in [4.78, 5) is 21.7. The summed E-state index contributed by atoms with van der Waals surface area (Å²) < 4.78 is 6.38. The second-order valence-electron chi connectivity index (χ2n) is 9.10. The molecule has 0 radical (unpaired) electrons. The maximum absolute atomic E-state index is 13.1. The molecule has 0 saturated carbocycles. The van der Waals surface area contributed by atoms with Crippen LogP contribution in [0.4, 0.5) is 0 Å². The van der Waals surface area contributed by atoms with Crippen LogP contribution in [0.15, 0.2) is 79.1 Å². The van der Waals surface area contributed by atoms with Crippen LogP contribution >= 0.6 is 23.4 Å². The zero-order valence-corrected chi connectivity index (χ0v) is 21.7. The monoisotopic (exact) mass is 522 g/mol. The molecule has 0 spiro atoms. The molecular formula is C28H31ClN4O2S. The number of carbonyl (C=O) groups excluding carboxylic acids is 1. The average molecular weight is 523 g/mol.